The van der Waals surface area contributed by atoms with E-state index in [-0.39, 0.29) is 24.3 Å². The van der Waals surface area contributed by atoms with E-state index in [4.69, 9.17) is 11.6 Å². The van der Waals surface area contributed by atoms with Gasteiger partial charge in [0.2, 0.25) is 0 Å². The van der Waals surface area contributed by atoms with Gasteiger partial charge in [-0.25, -0.2) is 4.39 Å². The van der Waals surface area contributed by atoms with Crippen LogP contribution in [0.5, 0.6) is 0 Å². The van der Waals surface area contributed by atoms with E-state index in [1.807, 2.05) is 19.0 Å². The Balaban J connectivity index is 0.00000200. The van der Waals surface area contributed by atoms with E-state index < -0.39 is 5.60 Å². The van der Waals surface area contributed by atoms with Crippen LogP contribution in [0.25, 0.3) is 0 Å². The minimum absolute atomic E-state index is 0. The first-order chi connectivity index (χ1) is 8.92. The fourth-order valence-corrected chi connectivity index (χ4v) is 3.35. The highest BCUT2D eigenvalue weighted by atomic mass is 35.5. The molecule has 0 saturated heterocycles. The first-order valence-corrected chi connectivity index (χ1v) is 7.13. The molecule has 0 spiro atoms. The molecule has 2 nitrogen and oxygen atoms in total. The normalized spacial score (nSPS) is 26.4. The Morgan fingerprint density at radius 2 is 2.10 bits per heavy atom. The standard InChI is InChI=1S/C15H21ClFNO.ClH/c1-18(2)14-5-3-4-8-15(14,19)10-11-9-12(16)6-7-13(11)17;/h6-7,9,14,19H,3-5,8,10H2,1-2H3;1H/t14-,15+;/m1./s1. The van der Waals surface area contributed by atoms with Gasteiger partial charge in [0, 0.05) is 17.5 Å². The van der Waals surface area contributed by atoms with Gasteiger partial charge in [0.15, 0.2) is 0 Å². The number of rotatable bonds is 3. The zero-order chi connectivity index (χ0) is 14.0. The Hall–Kier alpha value is -0.350. The zero-order valence-corrected chi connectivity index (χ0v) is 13.5. The molecule has 0 aromatic heterocycles. The maximum absolute atomic E-state index is 13.8. The summed E-state index contributed by atoms with van der Waals surface area (Å²) in [6, 6.07) is 4.60. The van der Waals surface area contributed by atoms with Crippen molar-refractivity contribution < 1.29 is 9.50 Å². The molecule has 0 radical (unpaired) electrons. The number of nitrogens with zero attached hydrogens (tertiary/aromatic N) is 1. The van der Waals surface area contributed by atoms with Crippen LogP contribution in [0.3, 0.4) is 0 Å². The molecule has 1 fully saturated rings. The number of aliphatic hydroxyl groups is 1. The van der Waals surface area contributed by atoms with E-state index in [1.165, 1.54) is 12.1 Å². The van der Waals surface area contributed by atoms with Crippen molar-refractivity contribution in [3.63, 3.8) is 0 Å². The predicted octanol–water partition coefficient (Wildman–Crippen LogP) is 3.68. The van der Waals surface area contributed by atoms with Crippen molar-refractivity contribution in [2.24, 2.45) is 0 Å². The van der Waals surface area contributed by atoms with Crippen LogP contribution in [0.2, 0.25) is 5.02 Å². The number of halogens is 3. The first-order valence-electron chi connectivity index (χ1n) is 6.75. The van der Waals surface area contributed by atoms with Crippen molar-refractivity contribution >= 4 is 24.0 Å². The summed E-state index contributed by atoms with van der Waals surface area (Å²) in [6.07, 6.45) is 4.09. The summed E-state index contributed by atoms with van der Waals surface area (Å²) in [5, 5.41) is 11.4. The van der Waals surface area contributed by atoms with Gasteiger partial charge in [-0.1, -0.05) is 24.4 Å². The maximum Gasteiger partial charge on any atom is 0.126 e. The average molecular weight is 322 g/mol. The smallest absolute Gasteiger partial charge is 0.126 e. The summed E-state index contributed by atoms with van der Waals surface area (Å²) >= 11 is 5.92. The van der Waals surface area contributed by atoms with E-state index in [0.717, 1.165) is 19.3 Å². The van der Waals surface area contributed by atoms with Crippen LogP contribution in [-0.2, 0) is 6.42 Å². The summed E-state index contributed by atoms with van der Waals surface area (Å²) in [5.41, 5.74) is -0.364. The van der Waals surface area contributed by atoms with E-state index >= 15 is 0 Å². The second-order valence-electron chi connectivity index (χ2n) is 5.74. The SMILES string of the molecule is CN(C)[C@@H]1CCCC[C@]1(O)Cc1cc(Cl)ccc1F.Cl. The van der Waals surface area contributed by atoms with Crippen LogP contribution in [-0.4, -0.2) is 35.7 Å². The molecule has 1 aliphatic rings. The molecule has 1 aromatic carbocycles. The van der Waals surface area contributed by atoms with Crippen LogP contribution in [0.4, 0.5) is 4.39 Å². The molecular weight excluding hydrogens is 300 g/mol. The molecule has 0 bridgehead atoms. The second kappa shape index (κ2) is 7.08. The molecule has 0 amide bonds. The molecule has 114 valence electrons. The average Bonchev–Trinajstić information content (AvgIpc) is 2.33. The number of hydrogen-bond acceptors (Lipinski definition) is 2. The van der Waals surface area contributed by atoms with Gasteiger partial charge in [-0.2, -0.15) is 0 Å². The van der Waals surface area contributed by atoms with Gasteiger partial charge < -0.3 is 10.0 Å². The predicted molar refractivity (Wildman–Crippen MR) is 83.3 cm³/mol. The van der Waals surface area contributed by atoms with Gasteiger partial charge in [-0.15, -0.1) is 12.4 Å². The Morgan fingerprint density at radius 3 is 2.75 bits per heavy atom. The molecule has 1 N–H and O–H groups in total. The molecule has 0 heterocycles. The number of benzene rings is 1. The molecule has 0 aliphatic heterocycles. The quantitative estimate of drug-likeness (QED) is 0.918. The van der Waals surface area contributed by atoms with Gasteiger partial charge in [-0.3, -0.25) is 0 Å². The Bertz CT molecular complexity index is 455. The molecule has 20 heavy (non-hydrogen) atoms. The highest BCUT2D eigenvalue weighted by molar-refractivity contribution is 6.30. The molecule has 2 rings (SSSR count). The van der Waals surface area contributed by atoms with Gasteiger partial charge in [0.25, 0.3) is 0 Å². The minimum atomic E-state index is -0.868. The number of likely N-dealkylation sites (N-methyl/N-ethyl adjacent to an activating group) is 1. The topological polar surface area (TPSA) is 23.5 Å². The fraction of sp³-hybridized carbons (Fsp3) is 0.600. The van der Waals surface area contributed by atoms with E-state index in [1.54, 1.807) is 6.07 Å². The summed E-state index contributed by atoms with van der Waals surface area (Å²) in [5.74, 6) is -0.291. The fourth-order valence-electron chi connectivity index (χ4n) is 3.16. The van der Waals surface area contributed by atoms with Crippen molar-refractivity contribution in [3.05, 3.63) is 34.6 Å². The third-order valence-electron chi connectivity index (χ3n) is 4.09. The monoisotopic (exact) mass is 321 g/mol. The first kappa shape index (κ1) is 17.7. The van der Waals surface area contributed by atoms with Crippen LogP contribution in [0.15, 0.2) is 18.2 Å². The summed E-state index contributed by atoms with van der Waals surface area (Å²) in [6.45, 7) is 0. The lowest BCUT2D eigenvalue weighted by Gasteiger charge is -2.43. The second-order valence-corrected chi connectivity index (χ2v) is 6.18. The Kier molecular flexibility index (Phi) is 6.26. The lowest BCUT2D eigenvalue weighted by atomic mass is 9.76. The van der Waals surface area contributed by atoms with Crippen LogP contribution in [0.1, 0.15) is 31.2 Å². The van der Waals surface area contributed by atoms with Crippen molar-refractivity contribution in [2.45, 2.75) is 43.7 Å². The summed E-state index contributed by atoms with van der Waals surface area (Å²) in [4.78, 5) is 2.04. The van der Waals surface area contributed by atoms with Gasteiger partial charge in [0.05, 0.1) is 5.60 Å². The lowest BCUT2D eigenvalue weighted by molar-refractivity contribution is -0.0603. The summed E-state index contributed by atoms with van der Waals surface area (Å²) in [7, 11) is 3.94. The highest BCUT2D eigenvalue weighted by Gasteiger charge is 2.40. The third kappa shape index (κ3) is 3.85. The lowest BCUT2D eigenvalue weighted by Crippen LogP contribution is -2.53. The number of hydrogen-bond donors (Lipinski definition) is 1. The van der Waals surface area contributed by atoms with Crippen LogP contribution in [0, 0.1) is 5.82 Å². The summed E-state index contributed by atoms with van der Waals surface area (Å²) < 4.78 is 13.8. The van der Waals surface area contributed by atoms with Crippen molar-refractivity contribution in [3.8, 4) is 0 Å². The zero-order valence-electron chi connectivity index (χ0n) is 11.9. The van der Waals surface area contributed by atoms with Crippen LogP contribution >= 0.6 is 24.0 Å². The van der Waals surface area contributed by atoms with E-state index in [2.05, 4.69) is 0 Å². The molecule has 1 aromatic rings. The molecule has 1 aliphatic carbocycles. The molecule has 0 unspecified atom stereocenters. The molecule has 5 heteroatoms. The maximum atomic E-state index is 13.8. The van der Waals surface area contributed by atoms with Crippen molar-refractivity contribution in [1.82, 2.24) is 4.90 Å². The van der Waals surface area contributed by atoms with Gasteiger partial charge in [-0.05, 0) is 50.7 Å². The van der Waals surface area contributed by atoms with E-state index in [0.29, 0.717) is 23.4 Å². The highest BCUT2D eigenvalue weighted by Crippen LogP contribution is 2.35. The minimum Gasteiger partial charge on any atom is -0.388 e. The molecule has 2 atom stereocenters. The van der Waals surface area contributed by atoms with Gasteiger partial charge >= 0.3 is 0 Å². The Morgan fingerprint density at radius 1 is 1.40 bits per heavy atom. The third-order valence-corrected chi connectivity index (χ3v) is 4.32. The van der Waals surface area contributed by atoms with Gasteiger partial charge in [0.1, 0.15) is 5.82 Å². The van der Waals surface area contributed by atoms with Crippen molar-refractivity contribution in [2.75, 3.05) is 14.1 Å². The van der Waals surface area contributed by atoms with E-state index in [9.17, 15) is 9.50 Å². The van der Waals surface area contributed by atoms with Crippen LogP contribution < -0.4 is 0 Å². The Labute approximate surface area is 131 Å². The largest absolute Gasteiger partial charge is 0.388 e. The molecule has 1 saturated carbocycles. The molecular formula is C15H22Cl2FNO. The van der Waals surface area contributed by atoms with Crippen molar-refractivity contribution in [1.29, 1.82) is 0 Å².